The van der Waals surface area contributed by atoms with Gasteiger partial charge in [0, 0.05) is 18.3 Å². The Labute approximate surface area is 128 Å². The molecule has 1 aliphatic carbocycles. The Morgan fingerprint density at radius 2 is 2.05 bits per heavy atom. The number of carbonyl (C=O) groups excluding carboxylic acids is 1. The molecule has 0 aromatic carbocycles. The molecule has 0 unspecified atom stereocenters. The van der Waals surface area contributed by atoms with Gasteiger partial charge in [-0.25, -0.2) is 0 Å². The van der Waals surface area contributed by atoms with Crippen molar-refractivity contribution in [2.24, 2.45) is 5.92 Å². The molecule has 118 valence electrons. The first kappa shape index (κ1) is 15.9. The highest BCUT2D eigenvalue weighted by atomic mass is 16.2. The van der Waals surface area contributed by atoms with Gasteiger partial charge >= 0.3 is 0 Å². The zero-order valence-corrected chi connectivity index (χ0v) is 13.6. The summed E-state index contributed by atoms with van der Waals surface area (Å²) >= 11 is 0. The number of carbonyl (C=O) groups is 1. The van der Waals surface area contributed by atoms with Gasteiger partial charge in [-0.2, -0.15) is 0 Å². The molecule has 2 rings (SSSR count). The maximum Gasteiger partial charge on any atom is 0.268 e. The molecule has 1 saturated carbocycles. The van der Waals surface area contributed by atoms with E-state index in [0.717, 1.165) is 18.8 Å². The van der Waals surface area contributed by atoms with Crippen LogP contribution in [-0.4, -0.2) is 16.5 Å². The number of hydrogen-bond donors (Lipinski definition) is 2. The molecule has 21 heavy (non-hydrogen) atoms. The first-order chi connectivity index (χ1) is 10.0. The minimum atomic E-state index is 0.0133. The number of hydrogen-bond acceptors (Lipinski definition) is 2. The molecule has 0 bridgehead atoms. The van der Waals surface area contributed by atoms with Gasteiger partial charge in [-0.05, 0) is 51.5 Å². The summed E-state index contributed by atoms with van der Waals surface area (Å²) in [6.45, 7) is 6.37. The number of nitrogens with one attached hydrogen (secondary N) is 1. The lowest BCUT2D eigenvalue weighted by atomic mass is 9.83. The molecule has 4 nitrogen and oxygen atoms in total. The van der Waals surface area contributed by atoms with Crippen molar-refractivity contribution in [3.63, 3.8) is 0 Å². The topological polar surface area (TPSA) is 60.1 Å². The second kappa shape index (κ2) is 7.01. The molecule has 0 radical (unpaired) electrons. The summed E-state index contributed by atoms with van der Waals surface area (Å²) < 4.78 is 1.95. The SMILES string of the molecule is CCCC1CCC(NC(=O)c2cc(N)cn2C(C)C)CC1. The van der Waals surface area contributed by atoms with E-state index in [-0.39, 0.29) is 11.9 Å². The number of anilines is 1. The molecular formula is C17H29N3O. The normalized spacial score (nSPS) is 22.5. The third-order valence-corrected chi connectivity index (χ3v) is 4.54. The molecule has 0 aliphatic heterocycles. The summed E-state index contributed by atoms with van der Waals surface area (Å²) in [5, 5.41) is 3.19. The summed E-state index contributed by atoms with van der Waals surface area (Å²) in [6.07, 6.45) is 9.13. The number of nitrogens with zero attached hydrogens (tertiary/aromatic N) is 1. The molecule has 1 aromatic rings. The first-order valence-electron chi connectivity index (χ1n) is 8.29. The Balaban J connectivity index is 1.93. The molecule has 0 atom stereocenters. The molecule has 1 amide bonds. The lowest BCUT2D eigenvalue weighted by Crippen LogP contribution is -2.38. The van der Waals surface area contributed by atoms with Crippen LogP contribution in [0.15, 0.2) is 12.3 Å². The van der Waals surface area contributed by atoms with Gasteiger partial charge in [0.1, 0.15) is 5.69 Å². The molecule has 1 aromatic heterocycles. The third kappa shape index (κ3) is 4.02. The Kier molecular flexibility index (Phi) is 5.32. The first-order valence-corrected chi connectivity index (χ1v) is 8.29. The van der Waals surface area contributed by atoms with E-state index in [1.165, 1.54) is 25.7 Å². The molecule has 1 heterocycles. The summed E-state index contributed by atoms with van der Waals surface area (Å²) in [6, 6.07) is 2.34. The van der Waals surface area contributed by atoms with Crippen LogP contribution in [0.4, 0.5) is 5.69 Å². The van der Waals surface area contributed by atoms with Gasteiger partial charge in [0.2, 0.25) is 0 Å². The second-order valence-corrected chi connectivity index (χ2v) is 6.64. The molecule has 0 spiro atoms. The van der Waals surface area contributed by atoms with Crippen LogP contribution in [0.5, 0.6) is 0 Å². The average Bonchev–Trinajstić information content (AvgIpc) is 2.84. The Hall–Kier alpha value is -1.45. The van der Waals surface area contributed by atoms with Crippen molar-refractivity contribution in [1.29, 1.82) is 0 Å². The molecule has 1 aliphatic rings. The maximum absolute atomic E-state index is 12.5. The van der Waals surface area contributed by atoms with E-state index >= 15 is 0 Å². The smallest absolute Gasteiger partial charge is 0.268 e. The van der Waals surface area contributed by atoms with Gasteiger partial charge in [0.25, 0.3) is 5.91 Å². The van der Waals surface area contributed by atoms with Crippen molar-refractivity contribution >= 4 is 11.6 Å². The highest BCUT2D eigenvalue weighted by Crippen LogP contribution is 2.28. The minimum absolute atomic E-state index is 0.0133. The number of amides is 1. The van der Waals surface area contributed by atoms with Crippen LogP contribution in [0.1, 0.15) is 75.8 Å². The van der Waals surface area contributed by atoms with Crippen molar-refractivity contribution in [3.8, 4) is 0 Å². The zero-order chi connectivity index (χ0) is 15.4. The van der Waals surface area contributed by atoms with E-state index in [9.17, 15) is 4.79 Å². The summed E-state index contributed by atoms with van der Waals surface area (Å²) in [5.74, 6) is 0.873. The van der Waals surface area contributed by atoms with Crippen molar-refractivity contribution in [2.45, 2.75) is 71.4 Å². The fourth-order valence-electron chi connectivity index (χ4n) is 3.37. The van der Waals surface area contributed by atoms with Gasteiger partial charge in [-0.1, -0.05) is 19.8 Å². The maximum atomic E-state index is 12.5. The van der Waals surface area contributed by atoms with Crippen molar-refractivity contribution < 1.29 is 4.79 Å². The summed E-state index contributed by atoms with van der Waals surface area (Å²) in [5.41, 5.74) is 7.17. The number of nitrogen functional groups attached to an aromatic ring is 1. The molecular weight excluding hydrogens is 262 g/mol. The number of rotatable bonds is 5. The predicted octanol–water partition coefficient (Wildman–Crippen LogP) is 3.74. The summed E-state index contributed by atoms with van der Waals surface area (Å²) in [7, 11) is 0. The van der Waals surface area contributed by atoms with E-state index in [1.54, 1.807) is 6.07 Å². The predicted molar refractivity (Wildman–Crippen MR) is 87.3 cm³/mol. The molecule has 3 N–H and O–H groups in total. The van der Waals surface area contributed by atoms with E-state index < -0.39 is 0 Å². The van der Waals surface area contributed by atoms with E-state index in [1.807, 2.05) is 10.8 Å². The average molecular weight is 291 g/mol. The number of aromatic nitrogens is 1. The van der Waals surface area contributed by atoms with Gasteiger partial charge in [0.15, 0.2) is 0 Å². The van der Waals surface area contributed by atoms with Crippen LogP contribution < -0.4 is 11.1 Å². The summed E-state index contributed by atoms with van der Waals surface area (Å²) in [4.78, 5) is 12.5. The van der Waals surface area contributed by atoms with Crippen LogP contribution in [0.25, 0.3) is 0 Å². The monoisotopic (exact) mass is 291 g/mol. The van der Waals surface area contributed by atoms with E-state index in [0.29, 0.717) is 17.4 Å². The van der Waals surface area contributed by atoms with Crippen molar-refractivity contribution in [1.82, 2.24) is 9.88 Å². The third-order valence-electron chi connectivity index (χ3n) is 4.54. The number of nitrogens with two attached hydrogens (primary N) is 1. The molecule has 1 fully saturated rings. The Bertz CT molecular complexity index is 470. The van der Waals surface area contributed by atoms with Gasteiger partial charge < -0.3 is 15.6 Å². The zero-order valence-electron chi connectivity index (χ0n) is 13.6. The van der Waals surface area contributed by atoms with Crippen molar-refractivity contribution in [3.05, 3.63) is 18.0 Å². The fraction of sp³-hybridized carbons (Fsp3) is 0.706. The van der Waals surface area contributed by atoms with Crippen LogP contribution >= 0.6 is 0 Å². The lowest BCUT2D eigenvalue weighted by molar-refractivity contribution is 0.0910. The second-order valence-electron chi connectivity index (χ2n) is 6.64. The highest BCUT2D eigenvalue weighted by Gasteiger charge is 2.23. The Morgan fingerprint density at radius 3 is 2.62 bits per heavy atom. The molecule has 0 saturated heterocycles. The lowest BCUT2D eigenvalue weighted by Gasteiger charge is -2.29. The van der Waals surface area contributed by atoms with Gasteiger partial charge in [0.05, 0.1) is 5.69 Å². The van der Waals surface area contributed by atoms with Gasteiger partial charge in [-0.15, -0.1) is 0 Å². The fourth-order valence-corrected chi connectivity index (χ4v) is 3.37. The minimum Gasteiger partial charge on any atom is -0.397 e. The van der Waals surface area contributed by atoms with Crippen LogP contribution in [-0.2, 0) is 0 Å². The van der Waals surface area contributed by atoms with E-state index in [4.69, 9.17) is 5.73 Å². The Morgan fingerprint density at radius 1 is 1.38 bits per heavy atom. The van der Waals surface area contributed by atoms with Crippen molar-refractivity contribution in [2.75, 3.05) is 5.73 Å². The quantitative estimate of drug-likeness (QED) is 0.868. The molecule has 4 heteroatoms. The van der Waals surface area contributed by atoms with Crippen LogP contribution in [0.2, 0.25) is 0 Å². The van der Waals surface area contributed by atoms with Crippen LogP contribution in [0, 0.1) is 5.92 Å². The van der Waals surface area contributed by atoms with Gasteiger partial charge in [-0.3, -0.25) is 4.79 Å². The van der Waals surface area contributed by atoms with E-state index in [2.05, 4.69) is 26.1 Å². The highest BCUT2D eigenvalue weighted by molar-refractivity contribution is 5.94. The largest absolute Gasteiger partial charge is 0.397 e. The standard InChI is InChI=1S/C17H29N3O/c1-4-5-13-6-8-15(9-7-13)19-17(21)16-10-14(18)11-20(16)12(2)3/h10-13,15H,4-9,18H2,1-3H3,(H,19,21). The van der Waals surface area contributed by atoms with Crippen LogP contribution in [0.3, 0.4) is 0 Å².